The van der Waals surface area contributed by atoms with Crippen LogP contribution in [-0.2, 0) is 9.84 Å². The molecule has 0 radical (unpaired) electrons. The molecule has 146 valence electrons. The summed E-state index contributed by atoms with van der Waals surface area (Å²) in [5, 5.41) is 0. The first-order valence-electron chi connectivity index (χ1n) is 9.46. The second-order valence-corrected chi connectivity index (χ2v) is 9.66. The van der Waals surface area contributed by atoms with Gasteiger partial charge in [0.15, 0.2) is 15.6 Å². The maximum atomic E-state index is 13.1. The number of hydrogen-bond donors (Lipinski definition) is 0. The molecule has 0 aliphatic carbocycles. The summed E-state index contributed by atoms with van der Waals surface area (Å²) in [6, 6.07) is 9.93. The number of ketones is 1. The number of likely N-dealkylation sites (N-methyl/N-ethyl adjacent to an activating group) is 1. The maximum Gasteiger partial charge on any atom is 0.183 e. The van der Waals surface area contributed by atoms with Crippen LogP contribution in [0.3, 0.4) is 0 Å². The minimum atomic E-state index is -2.97. The molecule has 1 atom stereocenters. The van der Waals surface area contributed by atoms with Gasteiger partial charge in [-0.25, -0.2) is 8.42 Å². The standard InChI is InChI=1S/C21H28N2O3S/c1-5-22(20-9-7-6-8-15(20)2)13-21(24)19-12-16(3)23(17(19)4)18-10-11-27(25,26)14-18/h6-9,12,18H,5,10-11,13-14H2,1-4H3. The Morgan fingerprint density at radius 1 is 1.22 bits per heavy atom. The Morgan fingerprint density at radius 2 is 1.93 bits per heavy atom. The SMILES string of the molecule is CCN(CC(=O)c1cc(C)n(C2CCS(=O)(=O)C2)c1C)c1ccccc1C. The van der Waals surface area contributed by atoms with Gasteiger partial charge in [0.2, 0.25) is 0 Å². The van der Waals surface area contributed by atoms with Gasteiger partial charge in [-0.3, -0.25) is 4.79 Å². The highest BCUT2D eigenvalue weighted by molar-refractivity contribution is 7.91. The molecule has 2 heterocycles. The zero-order valence-corrected chi connectivity index (χ0v) is 17.3. The molecule has 3 rings (SSSR count). The molecule has 0 amide bonds. The van der Waals surface area contributed by atoms with E-state index in [-0.39, 0.29) is 23.3 Å². The number of benzene rings is 1. The van der Waals surface area contributed by atoms with Crippen molar-refractivity contribution in [1.82, 2.24) is 4.57 Å². The molecule has 1 unspecified atom stereocenters. The summed E-state index contributed by atoms with van der Waals surface area (Å²) in [7, 11) is -2.97. The average Bonchev–Trinajstić information content (AvgIpc) is 3.11. The van der Waals surface area contributed by atoms with Crippen molar-refractivity contribution in [3.05, 3.63) is 52.8 Å². The van der Waals surface area contributed by atoms with Crippen LogP contribution < -0.4 is 4.90 Å². The summed E-state index contributed by atoms with van der Waals surface area (Å²) in [6.45, 7) is 9.04. The number of carbonyl (C=O) groups excluding carboxylic acids is 1. The van der Waals surface area contributed by atoms with E-state index in [0.717, 1.165) is 29.2 Å². The third-order valence-corrected chi connectivity index (χ3v) is 7.28. The van der Waals surface area contributed by atoms with E-state index in [1.54, 1.807) is 0 Å². The first kappa shape index (κ1) is 19.7. The fraction of sp³-hybridized carbons (Fsp3) is 0.476. The van der Waals surface area contributed by atoms with Crippen LogP contribution in [-0.4, -0.2) is 43.4 Å². The highest BCUT2D eigenvalue weighted by Gasteiger charge is 2.31. The minimum Gasteiger partial charge on any atom is -0.364 e. The zero-order chi connectivity index (χ0) is 19.8. The van der Waals surface area contributed by atoms with E-state index < -0.39 is 9.84 Å². The van der Waals surface area contributed by atoms with Gasteiger partial charge in [-0.05, 0) is 51.8 Å². The quantitative estimate of drug-likeness (QED) is 0.711. The third-order valence-electron chi connectivity index (χ3n) is 5.53. The fourth-order valence-corrected chi connectivity index (χ4v) is 5.84. The Morgan fingerprint density at radius 3 is 2.52 bits per heavy atom. The lowest BCUT2D eigenvalue weighted by atomic mass is 10.1. The van der Waals surface area contributed by atoms with E-state index in [4.69, 9.17) is 0 Å². The second kappa shape index (κ2) is 7.50. The molecule has 0 saturated carbocycles. The van der Waals surface area contributed by atoms with Crippen LogP contribution in [0.5, 0.6) is 0 Å². The number of carbonyl (C=O) groups is 1. The topological polar surface area (TPSA) is 59.4 Å². The maximum absolute atomic E-state index is 13.1. The molecular formula is C21H28N2O3S. The molecule has 1 aromatic carbocycles. The van der Waals surface area contributed by atoms with Crippen LogP contribution in [0.4, 0.5) is 5.69 Å². The number of nitrogens with zero attached hydrogens (tertiary/aromatic N) is 2. The van der Waals surface area contributed by atoms with Gasteiger partial charge in [-0.2, -0.15) is 0 Å². The number of anilines is 1. The van der Waals surface area contributed by atoms with Gasteiger partial charge in [0.1, 0.15) is 0 Å². The molecule has 0 bridgehead atoms. The summed E-state index contributed by atoms with van der Waals surface area (Å²) in [5.74, 6) is 0.469. The lowest BCUT2D eigenvalue weighted by Gasteiger charge is -2.24. The largest absolute Gasteiger partial charge is 0.364 e. The van der Waals surface area contributed by atoms with Crippen LogP contribution in [0.25, 0.3) is 0 Å². The summed E-state index contributed by atoms with van der Waals surface area (Å²) in [5.41, 5.74) is 4.75. The second-order valence-electron chi connectivity index (χ2n) is 7.44. The molecule has 1 saturated heterocycles. The van der Waals surface area contributed by atoms with Crippen molar-refractivity contribution in [2.45, 2.75) is 40.2 Å². The van der Waals surface area contributed by atoms with Crippen LogP contribution in [0, 0.1) is 20.8 Å². The number of hydrogen-bond acceptors (Lipinski definition) is 4. The van der Waals surface area contributed by atoms with Crippen molar-refractivity contribution in [2.24, 2.45) is 0 Å². The van der Waals surface area contributed by atoms with Crippen LogP contribution in [0.15, 0.2) is 30.3 Å². The Labute approximate surface area is 161 Å². The number of aromatic nitrogens is 1. The van der Waals surface area contributed by atoms with Crippen molar-refractivity contribution < 1.29 is 13.2 Å². The molecule has 0 N–H and O–H groups in total. The number of sulfone groups is 1. The van der Waals surface area contributed by atoms with Crippen LogP contribution in [0.2, 0.25) is 0 Å². The molecule has 1 aliphatic rings. The van der Waals surface area contributed by atoms with Crippen LogP contribution in [0.1, 0.15) is 46.7 Å². The van der Waals surface area contributed by atoms with E-state index in [1.807, 2.05) is 49.6 Å². The van der Waals surface area contributed by atoms with E-state index in [9.17, 15) is 13.2 Å². The molecule has 6 heteroatoms. The first-order chi connectivity index (χ1) is 12.7. The predicted octanol–water partition coefficient (Wildman–Crippen LogP) is 3.48. The average molecular weight is 389 g/mol. The van der Waals surface area contributed by atoms with Crippen molar-refractivity contribution in [3.63, 3.8) is 0 Å². The van der Waals surface area contributed by atoms with Crippen molar-refractivity contribution in [3.8, 4) is 0 Å². The van der Waals surface area contributed by atoms with E-state index >= 15 is 0 Å². The number of para-hydroxylation sites is 1. The van der Waals surface area contributed by atoms with Gasteiger partial charge in [0, 0.05) is 35.2 Å². The van der Waals surface area contributed by atoms with Gasteiger partial charge < -0.3 is 9.47 Å². The highest BCUT2D eigenvalue weighted by Crippen LogP contribution is 2.29. The number of aryl methyl sites for hydroxylation is 2. The first-order valence-corrected chi connectivity index (χ1v) is 11.3. The Hall–Kier alpha value is -2.08. The summed E-state index contributed by atoms with van der Waals surface area (Å²) in [6.07, 6.45) is 0.622. The van der Waals surface area contributed by atoms with Crippen molar-refractivity contribution in [1.29, 1.82) is 0 Å². The van der Waals surface area contributed by atoms with Gasteiger partial charge in [-0.1, -0.05) is 18.2 Å². The zero-order valence-electron chi connectivity index (χ0n) is 16.5. The van der Waals surface area contributed by atoms with Crippen molar-refractivity contribution >= 4 is 21.3 Å². The summed E-state index contributed by atoms with van der Waals surface area (Å²) < 4.78 is 25.8. The normalized spacial score (nSPS) is 18.6. The van der Waals surface area contributed by atoms with Gasteiger partial charge in [0.25, 0.3) is 0 Å². The molecule has 1 aliphatic heterocycles. The smallest absolute Gasteiger partial charge is 0.183 e. The molecule has 27 heavy (non-hydrogen) atoms. The lowest BCUT2D eigenvalue weighted by molar-refractivity contribution is 0.0998. The van der Waals surface area contributed by atoms with E-state index in [2.05, 4.69) is 17.9 Å². The summed E-state index contributed by atoms with van der Waals surface area (Å²) >= 11 is 0. The van der Waals surface area contributed by atoms with Gasteiger partial charge >= 0.3 is 0 Å². The van der Waals surface area contributed by atoms with Gasteiger partial charge in [0.05, 0.1) is 18.1 Å². The molecule has 5 nitrogen and oxygen atoms in total. The molecule has 0 spiro atoms. The summed E-state index contributed by atoms with van der Waals surface area (Å²) in [4.78, 5) is 15.1. The number of rotatable bonds is 6. The number of Topliss-reactive ketones (excluding diaryl/α,β-unsaturated/α-hetero) is 1. The Kier molecular flexibility index (Phi) is 5.47. The Bertz CT molecular complexity index is 960. The van der Waals surface area contributed by atoms with Gasteiger partial charge in [-0.15, -0.1) is 0 Å². The molecule has 1 aromatic heterocycles. The lowest BCUT2D eigenvalue weighted by Crippen LogP contribution is -2.30. The predicted molar refractivity (Wildman–Crippen MR) is 110 cm³/mol. The highest BCUT2D eigenvalue weighted by atomic mass is 32.2. The Balaban J connectivity index is 1.85. The third kappa shape index (κ3) is 3.95. The minimum absolute atomic E-state index is 0.0600. The monoisotopic (exact) mass is 388 g/mol. The molecular weight excluding hydrogens is 360 g/mol. The van der Waals surface area contributed by atoms with E-state index in [0.29, 0.717) is 18.5 Å². The van der Waals surface area contributed by atoms with E-state index in [1.165, 1.54) is 0 Å². The van der Waals surface area contributed by atoms with Crippen LogP contribution >= 0.6 is 0 Å². The molecule has 2 aromatic rings. The van der Waals surface area contributed by atoms with Crippen molar-refractivity contribution in [2.75, 3.05) is 29.5 Å². The fourth-order valence-electron chi connectivity index (χ4n) is 4.14. The molecule has 1 fully saturated rings.